The number of carbonyl (C=O) groups excluding carboxylic acids is 2. The molecule has 1 rings (SSSR count). The van der Waals surface area contributed by atoms with Crippen molar-refractivity contribution in [1.29, 1.82) is 0 Å². The Morgan fingerprint density at radius 2 is 1.78 bits per heavy atom. The number of ether oxygens (including phenoxy) is 2. The van der Waals surface area contributed by atoms with Crippen LogP contribution < -0.4 is 20.5 Å². The number of thioether (sulfide) groups is 1. The van der Waals surface area contributed by atoms with E-state index in [0.717, 1.165) is 11.5 Å². The second-order valence-electron chi connectivity index (χ2n) is 3.96. The standard InChI is InChI=1S/C13H14N2O7S/c1-21-9-3-6(8(16)4-10(9)22-2)11(17)15-13(20)23-5-7(14)12(18)19/h3-5,16H,14H2,1-2H3,(H,18,19)(H,15,17,20)/b7-5-. The van der Waals surface area contributed by atoms with Crippen LogP contribution in [-0.4, -0.2) is 41.5 Å². The number of phenols is 1. The number of nitrogens with one attached hydrogen (secondary N) is 1. The van der Waals surface area contributed by atoms with Crippen molar-refractivity contribution in [3.63, 3.8) is 0 Å². The number of carboxylic acid groups (broad SMARTS) is 1. The molecule has 0 aromatic heterocycles. The first-order chi connectivity index (χ1) is 10.8. The van der Waals surface area contributed by atoms with Crippen molar-refractivity contribution in [1.82, 2.24) is 5.32 Å². The van der Waals surface area contributed by atoms with Crippen LogP contribution in [0.5, 0.6) is 17.2 Å². The minimum atomic E-state index is -1.39. The maximum Gasteiger partial charge on any atom is 0.352 e. The number of carboxylic acids is 1. The van der Waals surface area contributed by atoms with Crippen LogP contribution >= 0.6 is 11.8 Å². The molecule has 5 N–H and O–H groups in total. The summed E-state index contributed by atoms with van der Waals surface area (Å²) < 4.78 is 9.95. The molecular formula is C13H14N2O7S. The van der Waals surface area contributed by atoms with Crippen LogP contribution in [0.1, 0.15) is 10.4 Å². The molecule has 0 unspecified atom stereocenters. The molecule has 0 aliphatic carbocycles. The van der Waals surface area contributed by atoms with Crippen LogP contribution in [0.25, 0.3) is 0 Å². The number of hydrogen-bond donors (Lipinski definition) is 4. The first-order valence-electron chi connectivity index (χ1n) is 5.96. The molecule has 0 radical (unpaired) electrons. The number of amides is 2. The molecule has 0 aliphatic rings. The molecule has 0 aliphatic heterocycles. The Bertz CT molecular complexity index is 673. The van der Waals surface area contributed by atoms with Gasteiger partial charge in [0.1, 0.15) is 11.4 Å². The quantitative estimate of drug-likeness (QED) is 0.572. The Balaban J connectivity index is 2.88. The highest BCUT2D eigenvalue weighted by molar-refractivity contribution is 8.16. The molecule has 10 heteroatoms. The molecule has 0 saturated carbocycles. The number of aliphatic carboxylic acids is 1. The molecule has 124 valence electrons. The van der Waals surface area contributed by atoms with Gasteiger partial charge in [0.2, 0.25) is 0 Å². The molecule has 9 nitrogen and oxygen atoms in total. The highest BCUT2D eigenvalue weighted by Crippen LogP contribution is 2.33. The van der Waals surface area contributed by atoms with Gasteiger partial charge in [0.05, 0.1) is 19.8 Å². The van der Waals surface area contributed by atoms with Gasteiger partial charge in [-0.25, -0.2) is 4.79 Å². The number of benzene rings is 1. The van der Waals surface area contributed by atoms with E-state index in [4.69, 9.17) is 20.3 Å². The second-order valence-corrected chi connectivity index (χ2v) is 4.80. The van der Waals surface area contributed by atoms with Crippen LogP contribution in [-0.2, 0) is 4.79 Å². The molecular weight excluding hydrogens is 328 g/mol. The Kier molecular flexibility index (Phi) is 6.27. The number of methoxy groups -OCH3 is 2. The summed E-state index contributed by atoms with van der Waals surface area (Å²) in [7, 11) is 2.70. The van der Waals surface area contributed by atoms with E-state index in [9.17, 15) is 19.5 Å². The number of hydrogen-bond acceptors (Lipinski definition) is 8. The van der Waals surface area contributed by atoms with Crippen molar-refractivity contribution in [2.75, 3.05) is 14.2 Å². The third-order valence-corrected chi connectivity index (χ3v) is 3.19. The summed E-state index contributed by atoms with van der Waals surface area (Å²) in [6, 6.07) is 2.36. The number of rotatable bonds is 5. The highest BCUT2D eigenvalue weighted by atomic mass is 32.2. The predicted molar refractivity (Wildman–Crippen MR) is 81.6 cm³/mol. The number of imide groups is 1. The van der Waals surface area contributed by atoms with Crippen molar-refractivity contribution in [3.8, 4) is 17.2 Å². The monoisotopic (exact) mass is 342 g/mol. The van der Waals surface area contributed by atoms with Crippen LogP contribution in [0.3, 0.4) is 0 Å². The normalized spacial score (nSPS) is 10.8. The molecule has 2 amide bonds. The fourth-order valence-electron chi connectivity index (χ4n) is 1.41. The van der Waals surface area contributed by atoms with Crippen LogP contribution in [0.2, 0.25) is 0 Å². The zero-order chi connectivity index (χ0) is 17.6. The Morgan fingerprint density at radius 3 is 2.30 bits per heavy atom. The first-order valence-corrected chi connectivity index (χ1v) is 6.84. The predicted octanol–water partition coefficient (Wildman–Crippen LogP) is 0.877. The van der Waals surface area contributed by atoms with Gasteiger partial charge < -0.3 is 25.4 Å². The first kappa shape index (κ1) is 18.2. The SMILES string of the molecule is COc1cc(O)c(C(=O)NC(=O)S/C=C(\N)C(=O)O)cc1OC. The molecule has 0 heterocycles. The van der Waals surface area contributed by atoms with Crippen molar-refractivity contribution in [3.05, 3.63) is 28.8 Å². The lowest BCUT2D eigenvalue weighted by molar-refractivity contribution is -0.132. The molecule has 0 saturated heterocycles. The van der Waals surface area contributed by atoms with Gasteiger partial charge in [-0.3, -0.25) is 14.9 Å². The van der Waals surface area contributed by atoms with Crippen molar-refractivity contribution in [2.45, 2.75) is 0 Å². The average Bonchev–Trinajstić information content (AvgIpc) is 2.51. The number of nitrogens with two attached hydrogens (primary N) is 1. The fraction of sp³-hybridized carbons (Fsp3) is 0.154. The van der Waals surface area contributed by atoms with E-state index in [-0.39, 0.29) is 17.1 Å². The van der Waals surface area contributed by atoms with E-state index in [1.54, 1.807) is 0 Å². The molecule has 0 bridgehead atoms. The zero-order valence-electron chi connectivity index (χ0n) is 12.2. The Morgan fingerprint density at radius 1 is 1.22 bits per heavy atom. The second kappa shape index (κ2) is 7.94. The van der Waals surface area contributed by atoms with Crippen molar-refractivity contribution >= 4 is 28.9 Å². The summed E-state index contributed by atoms with van der Waals surface area (Å²) in [6.07, 6.45) is 0. The lowest BCUT2D eigenvalue weighted by Crippen LogP contribution is -2.27. The maximum atomic E-state index is 12.0. The van der Waals surface area contributed by atoms with E-state index in [0.29, 0.717) is 11.8 Å². The van der Waals surface area contributed by atoms with Crippen LogP contribution in [0.4, 0.5) is 4.79 Å². The summed E-state index contributed by atoms with van der Waals surface area (Å²) in [5, 5.41) is 20.3. The number of aromatic hydroxyl groups is 1. The van der Waals surface area contributed by atoms with Gasteiger partial charge in [0.25, 0.3) is 11.1 Å². The Hall–Kier alpha value is -2.88. The van der Waals surface area contributed by atoms with Gasteiger partial charge in [-0.1, -0.05) is 0 Å². The largest absolute Gasteiger partial charge is 0.507 e. The van der Waals surface area contributed by atoms with E-state index in [2.05, 4.69) is 0 Å². The van der Waals surface area contributed by atoms with Crippen molar-refractivity contribution < 1.29 is 34.1 Å². The van der Waals surface area contributed by atoms with E-state index in [1.807, 2.05) is 5.32 Å². The van der Waals surface area contributed by atoms with Gasteiger partial charge in [-0.05, 0) is 11.8 Å². The van der Waals surface area contributed by atoms with Gasteiger partial charge in [-0.2, -0.15) is 0 Å². The topological polar surface area (TPSA) is 148 Å². The molecule has 0 atom stereocenters. The van der Waals surface area contributed by atoms with Crippen LogP contribution in [0, 0.1) is 0 Å². The smallest absolute Gasteiger partial charge is 0.352 e. The summed E-state index contributed by atoms with van der Waals surface area (Å²) >= 11 is 0.383. The third kappa shape index (κ3) is 4.81. The van der Waals surface area contributed by atoms with Gasteiger partial charge in [0.15, 0.2) is 11.5 Å². The fourth-order valence-corrected chi connectivity index (χ4v) is 1.89. The minimum Gasteiger partial charge on any atom is -0.507 e. The summed E-state index contributed by atoms with van der Waals surface area (Å²) in [4.78, 5) is 34.0. The van der Waals surface area contributed by atoms with Gasteiger partial charge in [0, 0.05) is 17.5 Å². The van der Waals surface area contributed by atoms with E-state index < -0.39 is 28.6 Å². The lowest BCUT2D eigenvalue weighted by atomic mass is 10.1. The summed E-state index contributed by atoms with van der Waals surface area (Å²) in [5.41, 5.74) is 4.34. The zero-order valence-corrected chi connectivity index (χ0v) is 13.0. The maximum absolute atomic E-state index is 12.0. The number of carbonyl (C=O) groups is 3. The average molecular weight is 342 g/mol. The van der Waals surface area contributed by atoms with Gasteiger partial charge in [-0.15, -0.1) is 0 Å². The highest BCUT2D eigenvalue weighted by Gasteiger charge is 2.18. The van der Waals surface area contributed by atoms with Crippen LogP contribution in [0.15, 0.2) is 23.2 Å². The van der Waals surface area contributed by atoms with Crippen molar-refractivity contribution in [2.24, 2.45) is 5.73 Å². The Labute approximate surface area is 135 Å². The summed E-state index contributed by atoms with van der Waals surface area (Å²) in [5.74, 6) is -2.32. The molecule has 23 heavy (non-hydrogen) atoms. The van der Waals surface area contributed by atoms with Gasteiger partial charge >= 0.3 is 5.97 Å². The molecule has 1 aromatic rings. The molecule has 1 aromatic carbocycles. The van der Waals surface area contributed by atoms with E-state index in [1.165, 1.54) is 20.3 Å². The lowest BCUT2D eigenvalue weighted by Gasteiger charge is -2.11. The van der Waals surface area contributed by atoms with E-state index >= 15 is 0 Å². The minimum absolute atomic E-state index is 0.186. The third-order valence-electron chi connectivity index (χ3n) is 2.50. The molecule has 0 fully saturated rings. The molecule has 0 spiro atoms. The number of phenolic OH excluding ortho intramolecular Hbond substituents is 1. The summed E-state index contributed by atoms with van der Waals surface area (Å²) in [6.45, 7) is 0.